The van der Waals surface area contributed by atoms with Gasteiger partial charge in [-0.05, 0) is 59.8 Å². The molecule has 0 fully saturated rings. The highest BCUT2D eigenvalue weighted by atomic mass is 127. The van der Waals surface area contributed by atoms with Gasteiger partial charge in [0.1, 0.15) is 11.5 Å². The van der Waals surface area contributed by atoms with Crippen LogP contribution in [0.1, 0.15) is 17.4 Å². The average Bonchev–Trinajstić information content (AvgIpc) is 2.44. The lowest BCUT2D eigenvalue weighted by molar-refractivity contribution is 0.102. The first-order chi connectivity index (χ1) is 10.0. The van der Waals surface area contributed by atoms with E-state index in [1.54, 1.807) is 30.3 Å². The van der Waals surface area contributed by atoms with Crippen molar-refractivity contribution in [3.8, 4) is 0 Å². The Morgan fingerprint density at radius 1 is 1.29 bits per heavy atom. The molecule has 0 aliphatic carbocycles. The molecule has 1 amide bonds. The number of carbonyl (C=O) groups is 1. The molecule has 110 valence electrons. The highest BCUT2D eigenvalue weighted by molar-refractivity contribution is 14.1. The van der Waals surface area contributed by atoms with Gasteiger partial charge in [0.05, 0.1) is 10.7 Å². The Labute approximate surface area is 146 Å². The molecule has 0 spiro atoms. The minimum absolute atomic E-state index is 0.181. The quantitative estimate of drug-likeness (QED) is 0.685. The summed E-state index contributed by atoms with van der Waals surface area (Å²) in [6, 6.07) is 8.60. The van der Waals surface area contributed by atoms with Crippen LogP contribution in [0.3, 0.4) is 0 Å². The summed E-state index contributed by atoms with van der Waals surface area (Å²) in [6.07, 6.45) is 0. The summed E-state index contributed by atoms with van der Waals surface area (Å²) in [5.74, 6) is 0.248. The minimum Gasteiger partial charge on any atom is -0.370 e. The fourth-order valence-corrected chi connectivity index (χ4v) is 2.85. The summed E-state index contributed by atoms with van der Waals surface area (Å²) in [5.41, 5.74) is 0.845. The predicted octanol–water partition coefficient (Wildman–Crippen LogP) is 4.68. The molecule has 7 heteroatoms. The number of pyridine rings is 1. The van der Waals surface area contributed by atoms with Crippen molar-refractivity contribution in [1.29, 1.82) is 0 Å². The molecule has 0 atom stereocenters. The van der Waals surface area contributed by atoms with E-state index in [-0.39, 0.29) is 11.6 Å². The highest BCUT2D eigenvalue weighted by Gasteiger charge is 2.14. The molecule has 2 aromatic rings. The van der Waals surface area contributed by atoms with Gasteiger partial charge in [-0.3, -0.25) is 4.79 Å². The molecule has 0 aliphatic heterocycles. The Morgan fingerprint density at radius 3 is 2.71 bits per heavy atom. The molecular weight excluding hydrogens is 424 g/mol. The maximum absolute atomic E-state index is 12.3. The standard InChI is InChI=1S/C14H12Cl2IN3O/c1-2-18-12-6-4-9(16)13(20-12)14(21)19-11-5-3-8(15)7-10(11)17/h3-7H,2H2,1H3,(H,18,20)(H,19,21). The molecule has 2 N–H and O–H groups in total. The van der Waals surface area contributed by atoms with E-state index < -0.39 is 0 Å². The molecule has 1 aromatic carbocycles. The van der Waals surface area contributed by atoms with Crippen molar-refractivity contribution >= 4 is 63.2 Å². The van der Waals surface area contributed by atoms with Gasteiger partial charge in [-0.1, -0.05) is 23.2 Å². The second-order valence-corrected chi connectivity index (χ2v) is 6.14. The van der Waals surface area contributed by atoms with Crippen LogP contribution in [0.2, 0.25) is 10.0 Å². The van der Waals surface area contributed by atoms with Crippen molar-refractivity contribution < 1.29 is 4.79 Å². The van der Waals surface area contributed by atoms with Crippen molar-refractivity contribution in [2.45, 2.75) is 6.92 Å². The summed E-state index contributed by atoms with van der Waals surface area (Å²) < 4.78 is 0.840. The van der Waals surface area contributed by atoms with Crippen molar-refractivity contribution in [1.82, 2.24) is 4.98 Å². The molecule has 0 radical (unpaired) electrons. The summed E-state index contributed by atoms with van der Waals surface area (Å²) in [6.45, 7) is 2.66. The monoisotopic (exact) mass is 435 g/mol. The Morgan fingerprint density at radius 2 is 2.05 bits per heavy atom. The van der Waals surface area contributed by atoms with Crippen LogP contribution in [0.4, 0.5) is 11.5 Å². The third-order valence-electron chi connectivity index (χ3n) is 2.60. The first-order valence-corrected chi connectivity index (χ1v) is 8.01. The molecule has 0 unspecified atom stereocenters. The third kappa shape index (κ3) is 4.21. The van der Waals surface area contributed by atoms with Gasteiger partial charge in [-0.15, -0.1) is 0 Å². The van der Waals surface area contributed by atoms with Crippen LogP contribution < -0.4 is 10.6 Å². The topological polar surface area (TPSA) is 54.0 Å². The Hall–Kier alpha value is -1.05. The van der Waals surface area contributed by atoms with Gasteiger partial charge < -0.3 is 10.6 Å². The Kier molecular flexibility index (Phi) is 5.66. The maximum atomic E-state index is 12.3. The van der Waals surface area contributed by atoms with Crippen LogP contribution in [0.15, 0.2) is 30.3 Å². The number of carbonyl (C=O) groups excluding carboxylic acids is 1. The van der Waals surface area contributed by atoms with Crippen molar-refractivity contribution in [2.75, 3.05) is 17.2 Å². The molecule has 0 saturated heterocycles. The minimum atomic E-state index is -0.361. The van der Waals surface area contributed by atoms with Crippen LogP contribution >= 0.6 is 45.8 Å². The van der Waals surface area contributed by atoms with Gasteiger partial charge in [-0.2, -0.15) is 0 Å². The number of hydrogen-bond donors (Lipinski definition) is 2. The number of halogens is 3. The van der Waals surface area contributed by atoms with Crippen LogP contribution in [-0.2, 0) is 0 Å². The van der Waals surface area contributed by atoms with Crippen LogP contribution in [-0.4, -0.2) is 17.4 Å². The number of hydrogen-bond acceptors (Lipinski definition) is 3. The zero-order valence-corrected chi connectivity index (χ0v) is 14.8. The van der Waals surface area contributed by atoms with Crippen LogP contribution in [0.5, 0.6) is 0 Å². The van der Waals surface area contributed by atoms with E-state index in [1.807, 2.05) is 6.92 Å². The fraction of sp³-hybridized carbons (Fsp3) is 0.143. The molecule has 1 aromatic heterocycles. The van der Waals surface area contributed by atoms with Crippen molar-refractivity contribution in [3.63, 3.8) is 0 Å². The molecule has 4 nitrogen and oxygen atoms in total. The molecule has 0 saturated carbocycles. The average molecular weight is 436 g/mol. The number of benzene rings is 1. The van der Waals surface area contributed by atoms with Gasteiger partial charge in [0.25, 0.3) is 5.91 Å². The van der Waals surface area contributed by atoms with E-state index in [2.05, 4.69) is 38.2 Å². The second-order valence-electron chi connectivity index (χ2n) is 4.14. The molecule has 2 rings (SSSR count). The SMILES string of the molecule is CCNc1ccc(Cl)c(C(=O)Nc2ccc(Cl)cc2I)n1. The lowest BCUT2D eigenvalue weighted by Crippen LogP contribution is -2.16. The zero-order chi connectivity index (χ0) is 15.4. The summed E-state index contributed by atoms with van der Waals surface area (Å²) >= 11 is 14.0. The van der Waals surface area contributed by atoms with Gasteiger partial charge in [0, 0.05) is 15.1 Å². The van der Waals surface area contributed by atoms with Crippen molar-refractivity contribution in [2.24, 2.45) is 0 Å². The molecular formula is C14H12Cl2IN3O. The first kappa shape index (κ1) is 16.3. The van der Waals surface area contributed by atoms with Gasteiger partial charge >= 0.3 is 0 Å². The Bertz CT molecular complexity index is 679. The van der Waals surface area contributed by atoms with Crippen molar-refractivity contribution in [3.05, 3.63) is 49.6 Å². The summed E-state index contributed by atoms with van der Waals surface area (Å²) in [5, 5.41) is 6.75. The normalized spacial score (nSPS) is 10.3. The number of nitrogens with zero attached hydrogens (tertiary/aromatic N) is 1. The number of amides is 1. The third-order valence-corrected chi connectivity index (χ3v) is 4.03. The van der Waals surface area contributed by atoms with E-state index in [4.69, 9.17) is 23.2 Å². The smallest absolute Gasteiger partial charge is 0.275 e. The fourth-order valence-electron chi connectivity index (χ4n) is 1.65. The van der Waals surface area contributed by atoms with E-state index in [1.165, 1.54) is 0 Å². The van der Waals surface area contributed by atoms with E-state index >= 15 is 0 Å². The van der Waals surface area contributed by atoms with Crippen LogP contribution in [0, 0.1) is 3.57 Å². The lowest BCUT2D eigenvalue weighted by Gasteiger charge is -2.10. The largest absolute Gasteiger partial charge is 0.370 e. The predicted molar refractivity (Wildman–Crippen MR) is 95.5 cm³/mol. The molecule has 0 bridgehead atoms. The number of anilines is 2. The number of rotatable bonds is 4. The second kappa shape index (κ2) is 7.29. The zero-order valence-electron chi connectivity index (χ0n) is 11.1. The molecule has 0 aliphatic rings. The first-order valence-electron chi connectivity index (χ1n) is 6.18. The highest BCUT2D eigenvalue weighted by Crippen LogP contribution is 2.24. The van der Waals surface area contributed by atoms with Gasteiger partial charge in [0.2, 0.25) is 0 Å². The number of nitrogens with one attached hydrogen (secondary N) is 2. The lowest BCUT2D eigenvalue weighted by atomic mass is 10.3. The van der Waals surface area contributed by atoms with Gasteiger partial charge in [-0.25, -0.2) is 4.98 Å². The Balaban J connectivity index is 2.25. The van der Waals surface area contributed by atoms with E-state index in [0.29, 0.717) is 28.1 Å². The summed E-state index contributed by atoms with van der Waals surface area (Å²) in [4.78, 5) is 16.5. The van der Waals surface area contributed by atoms with E-state index in [0.717, 1.165) is 3.57 Å². The van der Waals surface area contributed by atoms with Crippen LogP contribution in [0.25, 0.3) is 0 Å². The molecule has 1 heterocycles. The van der Waals surface area contributed by atoms with E-state index in [9.17, 15) is 4.79 Å². The van der Waals surface area contributed by atoms with Gasteiger partial charge in [0.15, 0.2) is 0 Å². The summed E-state index contributed by atoms with van der Waals surface area (Å²) in [7, 11) is 0. The number of aromatic nitrogens is 1. The maximum Gasteiger partial charge on any atom is 0.275 e. The molecule has 21 heavy (non-hydrogen) atoms.